The highest BCUT2D eigenvalue weighted by molar-refractivity contribution is 6.12. The molecule has 5 rings (SSSR count). The van der Waals surface area contributed by atoms with Crippen molar-refractivity contribution in [3.63, 3.8) is 0 Å². The number of aryl methyl sites for hydroxylation is 1. The monoisotopic (exact) mass is 511 g/mol. The van der Waals surface area contributed by atoms with E-state index in [4.69, 9.17) is 0 Å². The molecule has 0 aliphatic carbocycles. The smallest absolute Gasteiger partial charge is 0.269 e. The lowest BCUT2D eigenvalue weighted by Gasteiger charge is -2.24. The maximum Gasteiger partial charge on any atom is 0.269 e. The van der Waals surface area contributed by atoms with Crippen LogP contribution < -0.4 is 10.6 Å². The molecule has 1 aliphatic heterocycles. The third kappa shape index (κ3) is 5.13. The van der Waals surface area contributed by atoms with E-state index < -0.39 is 0 Å². The van der Waals surface area contributed by atoms with Crippen molar-refractivity contribution in [1.82, 2.24) is 25.5 Å². The molecule has 2 aromatic heterocycles. The Balaban J connectivity index is 1.68. The van der Waals surface area contributed by atoms with Crippen LogP contribution in [0, 0.1) is 12.7 Å². The lowest BCUT2D eigenvalue weighted by molar-refractivity contribution is 0.0786. The Morgan fingerprint density at radius 2 is 1.97 bits per heavy atom. The van der Waals surface area contributed by atoms with E-state index in [0.717, 1.165) is 30.5 Å². The number of aromatic nitrogens is 2. The van der Waals surface area contributed by atoms with E-state index in [9.17, 15) is 14.0 Å². The Bertz CT molecular complexity index is 1510. The number of likely N-dealkylation sites (N-methyl/N-ethyl adjacent to an activating group) is 1. The average molecular weight is 512 g/mol. The molecular weight excluding hydrogens is 481 g/mol. The van der Waals surface area contributed by atoms with E-state index in [1.165, 1.54) is 12.1 Å². The zero-order valence-electron chi connectivity index (χ0n) is 21.7. The van der Waals surface area contributed by atoms with Gasteiger partial charge in [0.15, 0.2) is 0 Å². The van der Waals surface area contributed by atoms with E-state index in [2.05, 4.69) is 20.6 Å². The zero-order chi connectivity index (χ0) is 26.8. The zero-order valence-corrected chi connectivity index (χ0v) is 21.7. The predicted octanol–water partition coefficient (Wildman–Crippen LogP) is 4.59. The Hall–Kier alpha value is -4.17. The lowest BCUT2D eigenvalue weighted by Crippen LogP contribution is -2.38. The lowest BCUT2D eigenvalue weighted by atomic mass is 9.94. The summed E-state index contributed by atoms with van der Waals surface area (Å²) >= 11 is 0. The fourth-order valence-corrected chi connectivity index (χ4v) is 5.06. The normalized spacial score (nSPS) is 15.0. The van der Waals surface area contributed by atoms with Gasteiger partial charge in [-0.25, -0.2) is 9.37 Å². The summed E-state index contributed by atoms with van der Waals surface area (Å²) in [5.41, 5.74) is 4.67. The van der Waals surface area contributed by atoms with Crippen molar-refractivity contribution < 1.29 is 14.0 Å². The van der Waals surface area contributed by atoms with Gasteiger partial charge in [-0.1, -0.05) is 18.2 Å². The van der Waals surface area contributed by atoms with E-state index in [1.807, 2.05) is 37.3 Å². The summed E-state index contributed by atoms with van der Waals surface area (Å²) in [5, 5.41) is 6.68. The molecule has 8 heteroatoms. The van der Waals surface area contributed by atoms with Gasteiger partial charge >= 0.3 is 0 Å². The maximum atomic E-state index is 14.4. The van der Waals surface area contributed by atoms with Gasteiger partial charge < -0.3 is 15.5 Å². The first-order valence-corrected chi connectivity index (χ1v) is 12.7. The quantitative estimate of drug-likeness (QED) is 0.395. The first kappa shape index (κ1) is 25.5. The molecule has 1 saturated heterocycles. The number of hydrogen-bond donors (Lipinski definition) is 2. The van der Waals surface area contributed by atoms with E-state index in [0.29, 0.717) is 45.5 Å². The average Bonchev–Trinajstić information content (AvgIpc) is 3.43. The van der Waals surface area contributed by atoms with Crippen LogP contribution in [0.25, 0.3) is 33.3 Å². The Morgan fingerprint density at radius 3 is 2.71 bits per heavy atom. The highest BCUT2D eigenvalue weighted by Crippen LogP contribution is 2.33. The molecule has 38 heavy (non-hydrogen) atoms. The van der Waals surface area contributed by atoms with Crippen LogP contribution in [0.1, 0.15) is 39.3 Å². The van der Waals surface area contributed by atoms with Crippen molar-refractivity contribution in [2.75, 3.05) is 27.2 Å². The molecule has 194 valence electrons. The second kappa shape index (κ2) is 10.7. The molecule has 0 bridgehead atoms. The molecule has 4 aromatic rings. The third-order valence-electron chi connectivity index (χ3n) is 6.94. The number of rotatable bonds is 6. The molecule has 0 spiro atoms. The molecular formula is C30H30FN5O2. The van der Waals surface area contributed by atoms with Crippen molar-refractivity contribution in [1.29, 1.82) is 0 Å². The Labute approximate surface area is 221 Å². The van der Waals surface area contributed by atoms with Crippen LogP contribution >= 0.6 is 0 Å². The van der Waals surface area contributed by atoms with E-state index in [1.54, 1.807) is 37.3 Å². The van der Waals surface area contributed by atoms with E-state index in [-0.39, 0.29) is 23.7 Å². The largest absolute Gasteiger partial charge is 0.354 e. The second-order valence-electron chi connectivity index (χ2n) is 9.76. The minimum Gasteiger partial charge on any atom is -0.354 e. The molecule has 2 N–H and O–H groups in total. The predicted molar refractivity (Wildman–Crippen MR) is 146 cm³/mol. The number of nitrogens with zero attached hydrogens (tertiary/aromatic N) is 3. The number of amides is 2. The number of benzene rings is 2. The molecule has 3 heterocycles. The summed E-state index contributed by atoms with van der Waals surface area (Å²) in [7, 11) is 3.36. The van der Waals surface area contributed by atoms with Crippen molar-refractivity contribution in [2.45, 2.75) is 25.8 Å². The molecule has 2 amide bonds. The molecule has 1 aliphatic rings. The van der Waals surface area contributed by atoms with Crippen molar-refractivity contribution in [3.8, 4) is 22.4 Å². The van der Waals surface area contributed by atoms with Gasteiger partial charge in [0, 0.05) is 49.4 Å². The number of fused-ring (bicyclic) bond motifs is 1. The highest BCUT2D eigenvalue weighted by Gasteiger charge is 2.25. The number of pyridine rings is 2. The van der Waals surface area contributed by atoms with Gasteiger partial charge in [-0.05, 0) is 73.8 Å². The van der Waals surface area contributed by atoms with Crippen molar-refractivity contribution in [3.05, 3.63) is 83.4 Å². The van der Waals surface area contributed by atoms with Crippen LogP contribution in [0.4, 0.5) is 4.39 Å². The molecule has 2 aromatic carbocycles. The van der Waals surface area contributed by atoms with Gasteiger partial charge in [-0.15, -0.1) is 0 Å². The minimum absolute atomic E-state index is 0.160. The molecule has 0 saturated carbocycles. The fourth-order valence-electron chi connectivity index (χ4n) is 5.06. The van der Waals surface area contributed by atoms with Crippen LogP contribution in [0.5, 0.6) is 0 Å². The van der Waals surface area contributed by atoms with Gasteiger partial charge in [0.05, 0.1) is 16.8 Å². The SMILES string of the molecule is CNC(=O)c1cccc(-c2ccc3ncc(-c4cc(C)cc(F)c4)c(C(=O)N(C)C[C@@H]4CCCN4)c3c2)n1. The maximum absolute atomic E-state index is 14.4. The highest BCUT2D eigenvalue weighted by atomic mass is 19.1. The van der Waals surface area contributed by atoms with Crippen LogP contribution in [0.15, 0.2) is 60.8 Å². The number of halogens is 1. The van der Waals surface area contributed by atoms with Gasteiger partial charge in [0.1, 0.15) is 11.5 Å². The summed E-state index contributed by atoms with van der Waals surface area (Å²) in [6.07, 6.45) is 3.75. The number of nitrogens with one attached hydrogen (secondary N) is 2. The molecule has 0 unspecified atom stereocenters. The minimum atomic E-state index is -0.369. The Morgan fingerprint density at radius 1 is 1.13 bits per heavy atom. The summed E-state index contributed by atoms with van der Waals surface area (Å²) in [4.78, 5) is 37.1. The second-order valence-corrected chi connectivity index (χ2v) is 9.76. The molecule has 0 radical (unpaired) electrons. The first-order chi connectivity index (χ1) is 18.3. The summed E-state index contributed by atoms with van der Waals surface area (Å²) in [6, 6.07) is 15.8. The van der Waals surface area contributed by atoms with Crippen LogP contribution in [-0.2, 0) is 0 Å². The van der Waals surface area contributed by atoms with E-state index >= 15 is 0 Å². The molecule has 1 fully saturated rings. The summed E-state index contributed by atoms with van der Waals surface area (Å²) < 4.78 is 14.4. The van der Waals surface area contributed by atoms with Gasteiger partial charge in [0.25, 0.3) is 11.8 Å². The Kier molecular flexibility index (Phi) is 7.15. The van der Waals surface area contributed by atoms with Gasteiger partial charge in [-0.2, -0.15) is 0 Å². The number of hydrogen-bond acceptors (Lipinski definition) is 5. The van der Waals surface area contributed by atoms with Crippen molar-refractivity contribution >= 4 is 22.7 Å². The number of carbonyl (C=O) groups excluding carboxylic acids is 2. The van der Waals surface area contributed by atoms with Crippen LogP contribution in [0.3, 0.4) is 0 Å². The summed E-state index contributed by atoms with van der Waals surface area (Å²) in [5.74, 6) is -0.811. The van der Waals surface area contributed by atoms with Crippen LogP contribution in [0.2, 0.25) is 0 Å². The first-order valence-electron chi connectivity index (χ1n) is 12.7. The number of carbonyl (C=O) groups is 2. The van der Waals surface area contributed by atoms with Gasteiger partial charge in [-0.3, -0.25) is 14.6 Å². The standard InChI is InChI=1S/C30H30FN5O2/c1-18-12-20(14-21(31)13-18)24-16-34-26-10-9-19(25-7-4-8-27(35-25)29(37)32-2)15-23(26)28(24)30(38)36(3)17-22-6-5-11-33-22/h4,7-10,12-16,22,33H,5-6,11,17H2,1-3H3,(H,32,37)/t22-/m0/s1. The summed E-state index contributed by atoms with van der Waals surface area (Å²) in [6.45, 7) is 3.34. The van der Waals surface area contributed by atoms with Crippen molar-refractivity contribution in [2.24, 2.45) is 0 Å². The third-order valence-corrected chi connectivity index (χ3v) is 6.94. The fraction of sp³-hybridized carbons (Fsp3) is 0.267. The molecule has 7 nitrogen and oxygen atoms in total. The van der Waals surface area contributed by atoms with Gasteiger partial charge in [0.2, 0.25) is 0 Å². The molecule has 1 atom stereocenters. The van der Waals surface area contributed by atoms with Crippen LogP contribution in [-0.4, -0.2) is 59.9 Å². The topological polar surface area (TPSA) is 87.2 Å².